The first-order valence-electron chi connectivity index (χ1n) is 3.55. The van der Waals surface area contributed by atoms with E-state index in [9.17, 15) is 5.11 Å². The van der Waals surface area contributed by atoms with Crippen molar-refractivity contribution < 1.29 is 15.3 Å². The molecule has 0 fully saturated rings. The Bertz CT molecular complexity index is 280. The zero-order valence-electron chi connectivity index (χ0n) is 7.14. The normalized spacial score (nSPS) is 11.8. The van der Waals surface area contributed by atoms with Gasteiger partial charge in [-0.3, -0.25) is 0 Å². The van der Waals surface area contributed by atoms with Crippen LogP contribution in [0.3, 0.4) is 0 Å². The summed E-state index contributed by atoms with van der Waals surface area (Å²) in [5.74, 6) is -0.456. The van der Waals surface area contributed by atoms with Gasteiger partial charge in [0.1, 0.15) is 0 Å². The predicted octanol–water partition coefficient (Wildman–Crippen LogP) is -0.826. The maximum atomic E-state index is 9.23. The monoisotopic (exact) mass is 379 g/mol. The molecule has 0 unspecified atom stereocenters. The molecule has 2 radical (unpaired) electrons. The van der Waals surface area contributed by atoms with Crippen LogP contribution in [-0.2, 0) is 0 Å². The van der Waals surface area contributed by atoms with Gasteiger partial charge in [0.25, 0.3) is 0 Å². The van der Waals surface area contributed by atoms with E-state index in [1.54, 1.807) is 0 Å². The van der Waals surface area contributed by atoms with Crippen LogP contribution < -0.4 is 5.73 Å². The fourth-order valence-corrected chi connectivity index (χ4v) is 0.884. The average molecular weight is 378 g/mol. The van der Waals surface area contributed by atoms with Crippen molar-refractivity contribution in [3.05, 3.63) is 23.8 Å². The number of nitrogens with two attached hydrogens (primary N) is 1. The Labute approximate surface area is 96.2 Å². The van der Waals surface area contributed by atoms with Crippen molar-refractivity contribution in [2.75, 3.05) is 6.54 Å². The van der Waals surface area contributed by atoms with Crippen LogP contribution in [0.2, 0.25) is 0 Å². The number of aromatic hydroxyl groups is 2. The first kappa shape index (κ1) is 12.7. The van der Waals surface area contributed by atoms with E-state index < -0.39 is 6.10 Å². The second kappa shape index (κ2) is 5.40. The molecule has 1 aromatic rings. The SMILES string of the molecule is NC[C@H](O)c1ccc(O)c(O)c1.[PbH2]. The first-order chi connectivity index (χ1) is 5.65. The number of hydrogen-bond donors (Lipinski definition) is 4. The summed E-state index contributed by atoms with van der Waals surface area (Å²) in [7, 11) is 0. The van der Waals surface area contributed by atoms with Gasteiger partial charge in [0.2, 0.25) is 0 Å². The summed E-state index contributed by atoms with van der Waals surface area (Å²) in [6.45, 7) is 0.0875. The number of rotatable bonds is 2. The van der Waals surface area contributed by atoms with Crippen molar-refractivity contribution >= 4 is 27.3 Å². The predicted molar refractivity (Wildman–Crippen MR) is 52.3 cm³/mol. The van der Waals surface area contributed by atoms with Crippen LogP contribution in [0.25, 0.3) is 0 Å². The van der Waals surface area contributed by atoms with Crippen molar-refractivity contribution in [1.29, 1.82) is 0 Å². The van der Waals surface area contributed by atoms with Gasteiger partial charge in [-0.1, -0.05) is 6.07 Å². The molecule has 0 spiro atoms. The van der Waals surface area contributed by atoms with E-state index >= 15 is 0 Å². The van der Waals surface area contributed by atoms with Gasteiger partial charge < -0.3 is 21.1 Å². The molecule has 0 heterocycles. The molecule has 72 valence electrons. The van der Waals surface area contributed by atoms with Crippen molar-refractivity contribution in [3.63, 3.8) is 0 Å². The molecule has 0 amide bonds. The van der Waals surface area contributed by atoms with Crippen LogP contribution in [0.1, 0.15) is 11.7 Å². The Kier molecular flexibility index (Phi) is 5.26. The molecular weight excluding hydrogens is 365 g/mol. The van der Waals surface area contributed by atoms with Gasteiger partial charge in [-0.15, -0.1) is 0 Å². The third-order valence-electron chi connectivity index (χ3n) is 1.61. The van der Waals surface area contributed by atoms with E-state index in [-0.39, 0.29) is 45.3 Å². The topological polar surface area (TPSA) is 86.7 Å². The van der Waals surface area contributed by atoms with Crippen molar-refractivity contribution in [2.45, 2.75) is 6.10 Å². The second-order valence-corrected chi connectivity index (χ2v) is 2.50. The van der Waals surface area contributed by atoms with E-state index in [4.69, 9.17) is 15.9 Å². The molecule has 4 nitrogen and oxygen atoms in total. The summed E-state index contributed by atoms with van der Waals surface area (Å²) in [5.41, 5.74) is 5.69. The van der Waals surface area contributed by atoms with E-state index in [2.05, 4.69) is 0 Å². The summed E-state index contributed by atoms with van der Waals surface area (Å²) < 4.78 is 0. The first-order valence-corrected chi connectivity index (χ1v) is 3.55. The quantitative estimate of drug-likeness (QED) is 0.400. The molecule has 1 atom stereocenters. The minimum absolute atomic E-state index is 0. The number of aliphatic hydroxyl groups is 1. The van der Waals surface area contributed by atoms with Gasteiger partial charge in [0.15, 0.2) is 11.5 Å². The van der Waals surface area contributed by atoms with Gasteiger partial charge in [-0.25, -0.2) is 0 Å². The Hall–Kier alpha value is -0.338. The molecule has 0 saturated carbocycles. The van der Waals surface area contributed by atoms with E-state index in [1.807, 2.05) is 0 Å². The third-order valence-corrected chi connectivity index (χ3v) is 1.61. The standard InChI is InChI=1S/C8H11NO3.Pb.2H/c9-4-8(12)5-1-2-6(10)7(11)3-5;;;/h1-3,8,10-12H,4,9H2;;;/t8-;;;/m0.../s1. The zero-order valence-corrected chi connectivity index (χ0v) is 12.6. The fourth-order valence-electron chi connectivity index (χ4n) is 0.884. The third kappa shape index (κ3) is 3.13. The summed E-state index contributed by atoms with van der Waals surface area (Å²) in [6, 6.07) is 4.10. The van der Waals surface area contributed by atoms with Crippen LogP contribution in [0, 0.1) is 0 Å². The Morgan fingerprint density at radius 2 is 1.85 bits per heavy atom. The van der Waals surface area contributed by atoms with Gasteiger partial charge in [0.05, 0.1) is 6.10 Å². The zero-order chi connectivity index (χ0) is 9.14. The molecule has 13 heavy (non-hydrogen) atoms. The number of aliphatic hydroxyl groups excluding tert-OH is 1. The molecule has 0 bridgehead atoms. The second-order valence-electron chi connectivity index (χ2n) is 2.50. The van der Waals surface area contributed by atoms with Crippen LogP contribution in [-0.4, -0.2) is 49.2 Å². The summed E-state index contributed by atoms with van der Waals surface area (Å²) in [4.78, 5) is 0. The molecule has 5 N–H and O–H groups in total. The molecule has 1 rings (SSSR count). The van der Waals surface area contributed by atoms with Gasteiger partial charge in [-0.05, 0) is 17.7 Å². The van der Waals surface area contributed by atoms with Gasteiger partial charge in [0, 0.05) is 6.54 Å². The van der Waals surface area contributed by atoms with Crippen LogP contribution >= 0.6 is 0 Å². The molecule has 1 aromatic carbocycles. The molecule has 0 aliphatic heterocycles. The Balaban J connectivity index is 0.00000144. The summed E-state index contributed by atoms with van der Waals surface area (Å²) >= 11 is 0. The van der Waals surface area contributed by atoms with Crippen molar-refractivity contribution in [1.82, 2.24) is 0 Å². The van der Waals surface area contributed by atoms with Crippen LogP contribution in [0.4, 0.5) is 0 Å². The van der Waals surface area contributed by atoms with Crippen LogP contribution in [0.15, 0.2) is 18.2 Å². The molecular formula is C8H13NO3Pb. The average Bonchev–Trinajstić information content (AvgIpc) is 2.08. The number of hydrogen-bond acceptors (Lipinski definition) is 4. The number of benzene rings is 1. The van der Waals surface area contributed by atoms with Gasteiger partial charge >= 0.3 is 27.3 Å². The number of phenolic OH excluding ortho intramolecular Hbond substituents is 2. The van der Waals surface area contributed by atoms with Crippen LogP contribution in [0.5, 0.6) is 11.5 Å². The molecule has 5 heteroatoms. The Morgan fingerprint density at radius 3 is 2.31 bits per heavy atom. The summed E-state index contributed by atoms with van der Waals surface area (Å²) in [5, 5.41) is 27.2. The summed E-state index contributed by atoms with van der Waals surface area (Å²) in [6.07, 6.45) is -0.795. The molecule has 0 aliphatic rings. The van der Waals surface area contributed by atoms with Crippen molar-refractivity contribution in [3.8, 4) is 11.5 Å². The van der Waals surface area contributed by atoms with E-state index in [1.165, 1.54) is 18.2 Å². The maximum absolute atomic E-state index is 9.23. The Morgan fingerprint density at radius 1 is 1.23 bits per heavy atom. The molecule has 0 aliphatic carbocycles. The molecule has 0 aromatic heterocycles. The van der Waals surface area contributed by atoms with Crippen molar-refractivity contribution in [2.24, 2.45) is 5.73 Å². The van der Waals surface area contributed by atoms with E-state index in [0.29, 0.717) is 5.56 Å². The minimum atomic E-state index is -0.795. The van der Waals surface area contributed by atoms with E-state index in [0.717, 1.165) is 0 Å². The van der Waals surface area contributed by atoms with Gasteiger partial charge in [-0.2, -0.15) is 0 Å². The number of phenols is 2. The fraction of sp³-hybridized carbons (Fsp3) is 0.250. The molecule has 0 saturated heterocycles.